The number of carbonyl (C=O) groups excluding carboxylic acids is 1. The van der Waals surface area contributed by atoms with Crippen molar-refractivity contribution in [3.8, 4) is 0 Å². The Hall–Kier alpha value is -2.62. The Bertz CT molecular complexity index is 774. The highest BCUT2D eigenvalue weighted by atomic mass is 16.1. The van der Waals surface area contributed by atoms with Gasteiger partial charge in [0.05, 0.1) is 0 Å². The van der Waals surface area contributed by atoms with E-state index in [-0.39, 0.29) is 5.78 Å². The maximum atomic E-state index is 12.5. The number of carbonyl (C=O) groups is 1. The number of nitrogen functional groups attached to an aromatic ring is 1. The number of nitrogens with one attached hydrogen (secondary N) is 1. The molecule has 4 nitrogen and oxygen atoms in total. The lowest BCUT2D eigenvalue weighted by Crippen LogP contribution is -2.02. The van der Waals surface area contributed by atoms with Crippen LogP contribution in [0.1, 0.15) is 21.5 Å². The van der Waals surface area contributed by atoms with Crippen molar-refractivity contribution < 1.29 is 4.79 Å². The van der Waals surface area contributed by atoms with Gasteiger partial charge in [-0.3, -0.25) is 9.78 Å². The van der Waals surface area contributed by atoms with Gasteiger partial charge in [0.2, 0.25) is 0 Å². The standard InChI is InChI=1S/C15H13N3O/c1-9-6-10(2-3-13(9)16)15(19)12-8-18-14-4-5-17-7-11(12)14/h2-8,18H,16H2,1H3. The lowest BCUT2D eigenvalue weighted by atomic mass is 10.0. The van der Waals surface area contributed by atoms with E-state index < -0.39 is 0 Å². The van der Waals surface area contributed by atoms with Crippen LogP contribution in [0.4, 0.5) is 5.69 Å². The Morgan fingerprint density at radius 2 is 2.16 bits per heavy atom. The van der Waals surface area contributed by atoms with Crippen molar-refractivity contribution in [2.75, 3.05) is 5.73 Å². The van der Waals surface area contributed by atoms with E-state index in [1.165, 1.54) is 0 Å². The zero-order valence-electron chi connectivity index (χ0n) is 10.5. The summed E-state index contributed by atoms with van der Waals surface area (Å²) in [5.41, 5.74) is 9.54. The molecule has 0 bridgehead atoms. The first-order chi connectivity index (χ1) is 9.16. The van der Waals surface area contributed by atoms with Crippen molar-refractivity contribution >= 4 is 22.4 Å². The number of benzene rings is 1. The normalized spacial score (nSPS) is 10.8. The van der Waals surface area contributed by atoms with E-state index in [4.69, 9.17) is 5.73 Å². The van der Waals surface area contributed by atoms with Gasteiger partial charge in [-0.15, -0.1) is 0 Å². The number of pyridine rings is 1. The lowest BCUT2D eigenvalue weighted by molar-refractivity contribution is 0.104. The summed E-state index contributed by atoms with van der Waals surface area (Å²) in [7, 11) is 0. The molecule has 0 saturated heterocycles. The first kappa shape index (κ1) is 11.5. The predicted octanol–water partition coefficient (Wildman–Crippen LogP) is 2.68. The van der Waals surface area contributed by atoms with Crippen LogP contribution in [0.25, 0.3) is 10.9 Å². The van der Waals surface area contributed by atoms with E-state index in [1.807, 2.05) is 19.1 Å². The van der Waals surface area contributed by atoms with Gasteiger partial charge in [-0.1, -0.05) is 0 Å². The quantitative estimate of drug-likeness (QED) is 0.543. The van der Waals surface area contributed by atoms with Crippen molar-refractivity contribution in [2.45, 2.75) is 6.92 Å². The third-order valence-electron chi connectivity index (χ3n) is 3.26. The summed E-state index contributed by atoms with van der Waals surface area (Å²) in [6.07, 6.45) is 5.12. The number of fused-ring (bicyclic) bond motifs is 1. The zero-order valence-corrected chi connectivity index (χ0v) is 10.5. The van der Waals surface area contributed by atoms with E-state index in [0.29, 0.717) is 16.8 Å². The van der Waals surface area contributed by atoms with Gasteiger partial charge in [0.25, 0.3) is 0 Å². The molecule has 0 aliphatic heterocycles. The fourth-order valence-corrected chi connectivity index (χ4v) is 2.12. The minimum atomic E-state index is -0.0256. The maximum absolute atomic E-state index is 12.5. The number of aryl methyl sites for hydroxylation is 1. The van der Waals surface area contributed by atoms with Crippen LogP contribution in [-0.2, 0) is 0 Å². The van der Waals surface area contributed by atoms with Crippen LogP contribution < -0.4 is 5.73 Å². The first-order valence-electron chi connectivity index (χ1n) is 5.99. The zero-order chi connectivity index (χ0) is 13.4. The third kappa shape index (κ3) is 1.87. The van der Waals surface area contributed by atoms with Crippen LogP contribution in [0, 0.1) is 6.92 Å². The number of ketones is 1. The number of nitrogens with zero attached hydrogens (tertiary/aromatic N) is 1. The summed E-state index contributed by atoms with van der Waals surface area (Å²) in [5.74, 6) is -0.0256. The lowest BCUT2D eigenvalue weighted by Gasteiger charge is -2.03. The fourth-order valence-electron chi connectivity index (χ4n) is 2.12. The molecule has 0 fully saturated rings. The Labute approximate surface area is 110 Å². The van der Waals surface area contributed by atoms with Crippen molar-refractivity contribution in [2.24, 2.45) is 0 Å². The van der Waals surface area contributed by atoms with Crippen LogP contribution in [0.3, 0.4) is 0 Å². The van der Waals surface area contributed by atoms with Crippen molar-refractivity contribution in [1.29, 1.82) is 0 Å². The van der Waals surface area contributed by atoms with E-state index >= 15 is 0 Å². The molecule has 1 aromatic carbocycles. The average Bonchev–Trinajstić information content (AvgIpc) is 2.85. The Morgan fingerprint density at radius 3 is 2.95 bits per heavy atom. The molecule has 4 heteroatoms. The Kier molecular flexibility index (Phi) is 2.56. The second-order valence-corrected chi connectivity index (χ2v) is 4.52. The van der Waals surface area contributed by atoms with Crippen LogP contribution in [0.2, 0.25) is 0 Å². The molecule has 0 spiro atoms. The second kappa shape index (κ2) is 4.24. The largest absolute Gasteiger partial charge is 0.399 e. The highest BCUT2D eigenvalue weighted by Gasteiger charge is 2.14. The summed E-state index contributed by atoms with van der Waals surface area (Å²) < 4.78 is 0. The van der Waals surface area contributed by atoms with Gasteiger partial charge in [0.1, 0.15) is 0 Å². The molecule has 19 heavy (non-hydrogen) atoms. The summed E-state index contributed by atoms with van der Waals surface area (Å²) in [4.78, 5) is 19.6. The van der Waals surface area contributed by atoms with Crippen LogP contribution in [0.5, 0.6) is 0 Å². The van der Waals surface area contributed by atoms with E-state index in [0.717, 1.165) is 16.5 Å². The molecule has 0 amide bonds. The second-order valence-electron chi connectivity index (χ2n) is 4.52. The number of hydrogen-bond donors (Lipinski definition) is 2. The van der Waals surface area contributed by atoms with Gasteiger partial charge in [-0.05, 0) is 36.8 Å². The Morgan fingerprint density at radius 1 is 1.32 bits per heavy atom. The summed E-state index contributed by atoms with van der Waals surface area (Å²) >= 11 is 0. The number of anilines is 1. The van der Waals surface area contributed by atoms with Crippen LogP contribution in [-0.4, -0.2) is 15.8 Å². The highest BCUT2D eigenvalue weighted by molar-refractivity contribution is 6.16. The van der Waals surface area contributed by atoms with E-state index in [9.17, 15) is 4.79 Å². The molecule has 0 unspecified atom stereocenters. The molecular weight excluding hydrogens is 238 g/mol. The van der Waals surface area contributed by atoms with Crippen molar-refractivity contribution in [3.63, 3.8) is 0 Å². The summed E-state index contributed by atoms with van der Waals surface area (Å²) in [6.45, 7) is 1.89. The molecule has 3 N–H and O–H groups in total. The third-order valence-corrected chi connectivity index (χ3v) is 3.26. The summed E-state index contributed by atoms with van der Waals surface area (Å²) in [5, 5.41) is 0.835. The molecule has 2 aromatic heterocycles. The molecule has 94 valence electrons. The van der Waals surface area contributed by atoms with Gasteiger partial charge in [-0.2, -0.15) is 0 Å². The molecule has 0 aliphatic carbocycles. The van der Waals surface area contributed by atoms with Crippen LogP contribution in [0.15, 0.2) is 42.9 Å². The number of hydrogen-bond acceptors (Lipinski definition) is 3. The van der Waals surface area contributed by atoms with Gasteiger partial charge in [0, 0.05) is 46.3 Å². The molecule has 0 aliphatic rings. The van der Waals surface area contributed by atoms with Gasteiger partial charge >= 0.3 is 0 Å². The van der Waals surface area contributed by atoms with E-state index in [1.54, 1.807) is 30.7 Å². The van der Waals surface area contributed by atoms with Crippen molar-refractivity contribution in [3.05, 3.63) is 59.5 Å². The summed E-state index contributed by atoms with van der Waals surface area (Å²) in [6, 6.07) is 7.17. The maximum Gasteiger partial charge on any atom is 0.195 e. The molecule has 0 atom stereocenters. The van der Waals surface area contributed by atoms with Crippen LogP contribution >= 0.6 is 0 Å². The predicted molar refractivity (Wildman–Crippen MR) is 75.1 cm³/mol. The number of aromatic nitrogens is 2. The molecule has 2 heterocycles. The number of rotatable bonds is 2. The molecule has 0 radical (unpaired) electrons. The molecule has 0 saturated carbocycles. The topological polar surface area (TPSA) is 71.8 Å². The number of nitrogens with two attached hydrogens (primary N) is 1. The molecule has 3 rings (SSSR count). The number of aromatic amines is 1. The molecular formula is C15H13N3O. The van der Waals surface area contributed by atoms with E-state index in [2.05, 4.69) is 9.97 Å². The SMILES string of the molecule is Cc1cc(C(=O)c2c[nH]c3ccncc23)ccc1N. The van der Waals surface area contributed by atoms with Gasteiger partial charge < -0.3 is 10.7 Å². The average molecular weight is 251 g/mol. The fraction of sp³-hybridized carbons (Fsp3) is 0.0667. The minimum Gasteiger partial charge on any atom is -0.399 e. The molecule has 3 aromatic rings. The van der Waals surface area contributed by atoms with Gasteiger partial charge in [-0.25, -0.2) is 0 Å². The smallest absolute Gasteiger partial charge is 0.195 e. The van der Waals surface area contributed by atoms with Crippen molar-refractivity contribution in [1.82, 2.24) is 9.97 Å². The Balaban J connectivity index is 2.11. The van der Waals surface area contributed by atoms with Gasteiger partial charge in [0.15, 0.2) is 5.78 Å². The minimum absolute atomic E-state index is 0.0256. The first-order valence-corrected chi connectivity index (χ1v) is 5.99. The monoisotopic (exact) mass is 251 g/mol. The number of H-pyrrole nitrogens is 1. The highest BCUT2D eigenvalue weighted by Crippen LogP contribution is 2.21.